The number of ether oxygens (including phenoxy) is 1. The van der Waals surface area contributed by atoms with Gasteiger partial charge in [-0.15, -0.1) is 0 Å². The molecule has 2 unspecified atom stereocenters. The van der Waals surface area contributed by atoms with E-state index >= 15 is 0 Å². The molecular weight excluding hydrogens is 469 g/mol. The Hall–Kier alpha value is -1.93. The van der Waals surface area contributed by atoms with E-state index in [9.17, 15) is 9.59 Å². The number of amides is 2. The van der Waals surface area contributed by atoms with Gasteiger partial charge in [0.2, 0.25) is 5.91 Å². The Bertz CT molecular complexity index is 910. The number of hydrogen-bond donors (Lipinski definition) is 2. The lowest BCUT2D eigenvalue weighted by atomic mass is 10.1. The Kier molecular flexibility index (Phi) is 10.6. The fourth-order valence-corrected chi connectivity index (χ4v) is 4.12. The fraction of sp³-hybridized carbons (Fsp3) is 0.391. The van der Waals surface area contributed by atoms with Crippen LogP contribution in [-0.4, -0.2) is 62.5 Å². The maximum Gasteiger partial charge on any atom is 0.253 e. The molecule has 0 aliphatic rings. The Morgan fingerprint density at radius 3 is 2.38 bits per heavy atom. The minimum atomic E-state index is -0.680. The summed E-state index contributed by atoms with van der Waals surface area (Å²) in [5.41, 5.74) is 1.33. The monoisotopic (exact) mass is 497 g/mol. The molecule has 2 N–H and O–H groups in total. The van der Waals surface area contributed by atoms with Crippen LogP contribution in [0.5, 0.6) is 5.75 Å². The maximum absolute atomic E-state index is 13.0. The van der Waals surface area contributed by atoms with Crippen molar-refractivity contribution in [1.82, 2.24) is 15.5 Å². The number of carbonyl (C=O) groups is 2. The van der Waals surface area contributed by atoms with Gasteiger partial charge in [-0.3, -0.25) is 9.59 Å². The SMILES string of the molecule is COc1ccc(C(CNC(=O)C(CCSC)NC(=O)c2ccc(Cl)cc2Cl)N(C)C)cc1. The Morgan fingerprint density at radius 2 is 1.81 bits per heavy atom. The molecule has 2 aromatic rings. The predicted molar refractivity (Wildman–Crippen MR) is 133 cm³/mol. The molecule has 2 atom stereocenters. The predicted octanol–water partition coefficient (Wildman–Crippen LogP) is 4.27. The lowest BCUT2D eigenvalue weighted by Gasteiger charge is -2.26. The van der Waals surface area contributed by atoms with Crippen molar-refractivity contribution in [3.05, 3.63) is 63.6 Å². The highest BCUT2D eigenvalue weighted by Gasteiger charge is 2.24. The van der Waals surface area contributed by atoms with Gasteiger partial charge < -0.3 is 20.3 Å². The lowest BCUT2D eigenvalue weighted by Crippen LogP contribution is -2.48. The van der Waals surface area contributed by atoms with Gasteiger partial charge in [0.15, 0.2) is 0 Å². The fourth-order valence-electron chi connectivity index (χ4n) is 3.16. The van der Waals surface area contributed by atoms with E-state index in [4.69, 9.17) is 27.9 Å². The molecule has 2 aromatic carbocycles. The quantitative estimate of drug-likeness (QED) is 0.484. The van der Waals surface area contributed by atoms with E-state index in [1.165, 1.54) is 6.07 Å². The summed E-state index contributed by atoms with van der Waals surface area (Å²) in [5, 5.41) is 6.49. The van der Waals surface area contributed by atoms with Crippen molar-refractivity contribution in [1.29, 1.82) is 0 Å². The van der Waals surface area contributed by atoms with Crippen molar-refractivity contribution in [2.45, 2.75) is 18.5 Å². The molecular formula is C23H29Cl2N3O3S. The second kappa shape index (κ2) is 12.9. The van der Waals surface area contributed by atoms with Crippen LogP contribution in [0.4, 0.5) is 0 Å². The molecule has 0 aliphatic heterocycles. The van der Waals surface area contributed by atoms with Gasteiger partial charge in [-0.2, -0.15) is 11.8 Å². The molecule has 0 saturated carbocycles. The van der Waals surface area contributed by atoms with Gasteiger partial charge in [0.1, 0.15) is 11.8 Å². The number of hydrogen-bond acceptors (Lipinski definition) is 5. The van der Waals surface area contributed by atoms with Crippen molar-refractivity contribution in [2.24, 2.45) is 0 Å². The van der Waals surface area contributed by atoms with E-state index in [0.29, 0.717) is 18.0 Å². The van der Waals surface area contributed by atoms with E-state index in [2.05, 4.69) is 10.6 Å². The van der Waals surface area contributed by atoms with Gasteiger partial charge in [-0.1, -0.05) is 35.3 Å². The second-order valence-electron chi connectivity index (χ2n) is 7.43. The van der Waals surface area contributed by atoms with Gasteiger partial charge in [-0.05, 0) is 68.4 Å². The first-order valence-electron chi connectivity index (χ1n) is 10.1. The Balaban J connectivity index is 2.09. The highest BCUT2D eigenvalue weighted by atomic mass is 35.5. The molecule has 0 fully saturated rings. The van der Waals surface area contributed by atoms with E-state index in [1.807, 2.05) is 49.5 Å². The number of rotatable bonds is 11. The average Bonchev–Trinajstić information content (AvgIpc) is 2.76. The minimum Gasteiger partial charge on any atom is -0.497 e. The topological polar surface area (TPSA) is 70.7 Å². The molecule has 0 saturated heterocycles. The van der Waals surface area contributed by atoms with Crippen molar-refractivity contribution < 1.29 is 14.3 Å². The van der Waals surface area contributed by atoms with Gasteiger partial charge in [0, 0.05) is 11.6 Å². The van der Waals surface area contributed by atoms with Crippen molar-refractivity contribution in [2.75, 3.05) is 39.8 Å². The molecule has 0 heterocycles. The number of thioether (sulfide) groups is 1. The molecule has 0 radical (unpaired) electrons. The first-order valence-corrected chi connectivity index (χ1v) is 12.2. The zero-order valence-electron chi connectivity index (χ0n) is 18.7. The van der Waals surface area contributed by atoms with Crippen LogP contribution in [-0.2, 0) is 4.79 Å². The molecule has 2 rings (SSSR count). The van der Waals surface area contributed by atoms with Gasteiger partial charge in [-0.25, -0.2) is 0 Å². The largest absolute Gasteiger partial charge is 0.497 e. The van der Waals surface area contributed by atoms with Crippen LogP contribution in [0, 0.1) is 0 Å². The van der Waals surface area contributed by atoms with Crippen molar-refractivity contribution in [3.8, 4) is 5.75 Å². The summed E-state index contributed by atoms with van der Waals surface area (Å²) in [6.07, 6.45) is 2.46. The first-order chi connectivity index (χ1) is 15.3. The first kappa shape index (κ1) is 26.3. The summed E-state index contributed by atoms with van der Waals surface area (Å²) in [4.78, 5) is 27.8. The molecule has 9 heteroatoms. The van der Waals surface area contributed by atoms with Crippen LogP contribution in [0.15, 0.2) is 42.5 Å². The summed E-state index contributed by atoms with van der Waals surface area (Å²) < 4.78 is 5.22. The number of likely N-dealkylation sites (N-methyl/N-ethyl adjacent to an activating group) is 1. The number of nitrogens with one attached hydrogen (secondary N) is 2. The van der Waals surface area contributed by atoms with E-state index in [-0.39, 0.29) is 22.5 Å². The normalized spacial score (nSPS) is 12.8. The highest BCUT2D eigenvalue weighted by Crippen LogP contribution is 2.22. The molecule has 0 aliphatic carbocycles. The van der Waals surface area contributed by atoms with Gasteiger partial charge in [0.05, 0.1) is 23.7 Å². The molecule has 0 spiro atoms. The van der Waals surface area contributed by atoms with Crippen LogP contribution in [0.1, 0.15) is 28.4 Å². The van der Waals surface area contributed by atoms with Crippen LogP contribution >= 0.6 is 35.0 Å². The van der Waals surface area contributed by atoms with Crippen molar-refractivity contribution >= 4 is 46.8 Å². The third-order valence-corrected chi connectivity index (χ3v) is 6.19. The van der Waals surface area contributed by atoms with Crippen LogP contribution < -0.4 is 15.4 Å². The van der Waals surface area contributed by atoms with E-state index in [1.54, 1.807) is 31.0 Å². The summed E-state index contributed by atoms with van der Waals surface area (Å²) in [6.45, 7) is 0.394. The number of carbonyl (C=O) groups excluding carboxylic acids is 2. The number of methoxy groups -OCH3 is 1. The second-order valence-corrected chi connectivity index (χ2v) is 9.26. The smallest absolute Gasteiger partial charge is 0.253 e. The molecule has 2 amide bonds. The zero-order valence-corrected chi connectivity index (χ0v) is 21.0. The van der Waals surface area contributed by atoms with Crippen LogP contribution in [0.3, 0.4) is 0 Å². The van der Waals surface area contributed by atoms with E-state index in [0.717, 1.165) is 17.1 Å². The van der Waals surface area contributed by atoms with Crippen LogP contribution in [0.2, 0.25) is 10.0 Å². The standard InChI is InChI=1S/C23H29Cl2N3O3S/c1-28(2)21(15-5-8-17(31-3)9-6-15)14-26-23(30)20(11-12-32-4)27-22(29)18-10-7-16(24)13-19(18)25/h5-10,13,20-21H,11-12,14H2,1-4H3,(H,26,30)(H,27,29). The van der Waals surface area contributed by atoms with Crippen LogP contribution in [0.25, 0.3) is 0 Å². The summed E-state index contributed by atoms with van der Waals surface area (Å²) >= 11 is 13.7. The van der Waals surface area contributed by atoms with Gasteiger partial charge >= 0.3 is 0 Å². The zero-order chi connectivity index (χ0) is 23.7. The molecule has 6 nitrogen and oxygen atoms in total. The maximum atomic E-state index is 13.0. The summed E-state index contributed by atoms with van der Waals surface area (Å²) in [6, 6.07) is 11.7. The highest BCUT2D eigenvalue weighted by molar-refractivity contribution is 7.98. The number of halogens is 2. The summed E-state index contributed by atoms with van der Waals surface area (Å²) in [5.74, 6) is 0.851. The Labute approximate surface area is 204 Å². The van der Waals surface area contributed by atoms with E-state index < -0.39 is 11.9 Å². The van der Waals surface area contributed by atoms with Crippen molar-refractivity contribution in [3.63, 3.8) is 0 Å². The third kappa shape index (κ3) is 7.59. The lowest BCUT2D eigenvalue weighted by molar-refractivity contribution is -0.123. The minimum absolute atomic E-state index is 0.0348. The summed E-state index contributed by atoms with van der Waals surface area (Å²) in [7, 11) is 5.53. The molecule has 32 heavy (non-hydrogen) atoms. The Morgan fingerprint density at radius 1 is 1.12 bits per heavy atom. The third-order valence-electron chi connectivity index (χ3n) is 5.00. The average molecular weight is 498 g/mol. The molecule has 0 bridgehead atoms. The number of nitrogens with zero attached hydrogens (tertiary/aromatic N) is 1. The molecule has 174 valence electrons. The molecule has 0 aromatic heterocycles. The van der Waals surface area contributed by atoms with Gasteiger partial charge in [0.25, 0.3) is 5.91 Å². The number of benzene rings is 2.